The lowest BCUT2D eigenvalue weighted by molar-refractivity contribution is -0.121. The molecule has 1 saturated heterocycles. The lowest BCUT2D eigenvalue weighted by Crippen LogP contribution is -2.49. The standard InChI is InChI=1S/C12H25N3O2S/c1-3-10(2)11(12(13)16)14-4-5-15-6-8-18(17)9-7-15/h10-11,14H,3-9H2,1-2H3,(H2,13,16)/t10?,11-/m0/s1. The number of primary amides is 1. The first-order valence-corrected chi connectivity index (χ1v) is 8.13. The Hall–Kier alpha value is -0.460. The molecule has 0 aromatic carbocycles. The summed E-state index contributed by atoms with van der Waals surface area (Å²) in [6, 6.07) is -0.242. The van der Waals surface area contributed by atoms with E-state index in [1.807, 2.05) is 6.92 Å². The van der Waals surface area contributed by atoms with Crippen LogP contribution >= 0.6 is 0 Å². The topological polar surface area (TPSA) is 75.4 Å². The first-order valence-electron chi connectivity index (χ1n) is 6.64. The summed E-state index contributed by atoms with van der Waals surface area (Å²) in [7, 11) is -0.627. The number of nitrogens with one attached hydrogen (secondary N) is 1. The number of nitrogens with zero attached hydrogens (tertiary/aromatic N) is 1. The van der Waals surface area contributed by atoms with Crippen LogP contribution in [-0.4, -0.2) is 58.7 Å². The van der Waals surface area contributed by atoms with E-state index >= 15 is 0 Å². The van der Waals surface area contributed by atoms with Crippen LogP contribution in [0.5, 0.6) is 0 Å². The Bertz CT molecular complexity index is 289. The van der Waals surface area contributed by atoms with E-state index < -0.39 is 10.8 Å². The van der Waals surface area contributed by atoms with Crippen LogP contribution in [0.3, 0.4) is 0 Å². The van der Waals surface area contributed by atoms with E-state index in [0.717, 1.165) is 44.1 Å². The fraction of sp³-hybridized carbons (Fsp3) is 0.917. The van der Waals surface area contributed by atoms with E-state index in [0.29, 0.717) is 0 Å². The van der Waals surface area contributed by atoms with E-state index in [1.54, 1.807) is 0 Å². The maximum atomic E-state index is 11.3. The summed E-state index contributed by atoms with van der Waals surface area (Å²) in [5.74, 6) is 1.52. The third-order valence-electron chi connectivity index (χ3n) is 3.58. The van der Waals surface area contributed by atoms with Gasteiger partial charge in [0, 0.05) is 48.5 Å². The Morgan fingerprint density at radius 1 is 1.44 bits per heavy atom. The summed E-state index contributed by atoms with van der Waals surface area (Å²) in [5.41, 5.74) is 5.40. The highest BCUT2D eigenvalue weighted by Gasteiger charge is 2.21. The van der Waals surface area contributed by atoms with Gasteiger partial charge in [-0.3, -0.25) is 9.00 Å². The van der Waals surface area contributed by atoms with Gasteiger partial charge >= 0.3 is 0 Å². The molecule has 0 aliphatic carbocycles. The van der Waals surface area contributed by atoms with Crippen molar-refractivity contribution in [2.24, 2.45) is 11.7 Å². The summed E-state index contributed by atoms with van der Waals surface area (Å²) in [6.07, 6.45) is 0.934. The number of carbonyl (C=O) groups is 1. The van der Waals surface area contributed by atoms with Gasteiger partial charge in [-0.15, -0.1) is 0 Å². The first kappa shape index (κ1) is 15.6. The molecule has 0 bridgehead atoms. The van der Waals surface area contributed by atoms with Crippen LogP contribution in [0.4, 0.5) is 0 Å². The molecule has 1 amide bonds. The molecule has 18 heavy (non-hydrogen) atoms. The van der Waals surface area contributed by atoms with Crippen molar-refractivity contribution in [1.29, 1.82) is 0 Å². The molecule has 0 aromatic heterocycles. The van der Waals surface area contributed by atoms with Crippen molar-refractivity contribution in [2.75, 3.05) is 37.7 Å². The van der Waals surface area contributed by atoms with Gasteiger partial charge in [0.15, 0.2) is 0 Å². The summed E-state index contributed by atoms with van der Waals surface area (Å²) >= 11 is 0. The Morgan fingerprint density at radius 3 is 2.56 bits per heavy atom. The van der Waals surface area contributed by atoms with Crippen molar-refractivity contribution in [3.8, 4) is 0 Å². The second-order valence-electron chi connectivity index (χ2n) is 4.91. The maximum absolute atomic E-state index is 11.3. The zero-order valence-electron chi connectivity index (χ0n) is 11.4. The van der Waals surface area contributed by atoms with E-state index in [2.05, 4.69) is 17.1 Å². The summed E-state index contributed by atoms with van der Waals surface area (Å²) in [4.78, 5) is 13.6. The molecule has 1 heterocycles. The third-order valence-corrected chi connectivity index (χ3v) is 4.86. The van der Waals surface area contributed by atoms with Crippen molar-refractivity contribution in [3.63, 3.8) is 0 Å². The van der Waals surface area contributed by atoms with Gasteiger partial charge in [-0.25, -0.2) is 0 Å². The Labute approximate surface area is 112 Å². The first-order chi connectivity index (χ1) is 8.54. The molecule has 1 fully saturated rings. The molecule has 1 unspecified atom stereocenters. The molecule has 3 N–H and O–H groups in total. The third kappa shape index (κ3) is 5.04. The number of carbonyl (C=O) groups excluding carboxylic acids is 1. The smallest absolute Gasteiger partial charge is 0.234 e. The summed E-state index contributed by atoms with van der Waals surface area (Å²) < 4.78 is 11.2. The van der Waals surface area contributed by atoms with Crippen LogP contribution in [0.1, 0.15) is 20.3 Å². The zero-order valence-corrected chi connectivity index (χ0v) is 12.2. The van der Waals surface area contributed by atoms with Gasteiger partial charge in [0.1, 0.15) is 0 Å². The van der Waals surface area contributed by atoms with E-state index in [-0.39, 0.29) is 17.9 Å². The van der Waals surface area contributed by atoms with Gasteiger partial charge in [0.05, 0.1) is 6.04 Å². The minimum Gasteiger partial charge on any atom is -0.368 e. The van der Waals surface area contributed by atoms with Gasteiger partial charge in [-0.05, 0) is 5.92 Å². The van der Waals surface area contributed by atoms with Gasteiger partial charge < -0.3 is 16.0 Å². The second-order valence-corrected chi connectivity index (χ2v) is 6.61. The zero-order chi connectivity index (χ0) is 13.5. The van der Waals surface area contributed by atoms with Crippen molar-refractivity contribution < 1.29 is 9.00 Å². The highest BCUT2D eigenvalue weighted by Crippen LogP contribution is 2.07. The number of hydrogen-bond donors (Lipinski definition) is 2. The Morgan fingerprint density at radius 2 is 2.06 bits per heavy atom. The molecular formula is C12H25N3O2S. The number of amides is 1. The number of nitrogens with two attached hydrogens (primary N) is 1. The largest absolute Gasteiger partial charge is 0.368 e. The van der Waals surface area contributed by atoms with Gasteiger partial charge in [-0.2, -0.15) is 0 Å². The lowest BCUT2D eigenvalue weighted by Gasteiger charge is -2.28. The van der Waals surface area contributed by atoms with Crippen molar-refractivity contribution in [1.82, 2.24) is 10.2 Å². The van der Waals surface area contributed by atoms with E-state index in [9.17, 15) is 9.00 Å². The van der Waals surface area contributed by atoms with Crippen LogP contribution in [0.15, 0.2) is 0 Å². The molecule has 0 spiro atoms. The van der Waals surface area contributed by atoms with E-state index in [4.69, 9.17) is 5.73 Å². The minimum absolute atomic E-state index is 0.242. The van der Waals surface area contributed by atoms with Crippen molar-refractivity contribution in [2.45, 2.75) is 26.3 Å². The monoisotopic (exact) mass is 275 g/mol. The van der Waals surface area contributed by atoms with Crippen molar-refractivity contribution in [3.05, 3.63) is 0 Å². The predicted molar refractivity (Wildman–Crippen MR) is 74.8 cm³/mol. The molecule has 1 rings (SSSR count). The fourth-order valence-electron chi connectivity index (χ4n) is 2.10. The molecule has 0 radical (unpaired) electrons. The van der Waals surface area contributed by atoms with Gasteiger partial charge in [0.25, 0.3) is 0 Å². The fourth-order valence-corrected chi connectivity index (χ4v) is 3.22. The molecular weight excluding hydrogens is 250 g/mol. The van der Waals surface area contributed by atoms with Crippen LogP contribution in [-0.2, 0) is 15.6 Å². The second kappa shape index (κ2) is 7.86. The Balaban J connectivity index is 2.26. The predicted octanol–water partition coefficient (Wildman–Crippen LogP) is -0.460. The molecule has 106 valence electrons. The van der Waals surface area contributed by atoms with Crippen LogP contribution in [0, 0.1) is 5.92 Å². The molecule has 0 aromatic rings. The minimum atomic E-state index is -0.627. The molecule has 1 aliphatic heterocycles. The number of hydrogen-bond acceptors (Lipinski definition) is 4. The molecule has 6 heteroatoms. The highest BCUT2D eigenvalue weighted by atomic mass is 32.2. The average molecular weight is 275 g/mol. The molecule has 0 saturated carbocycles. The SMILES string of the molecule is CCC(C)[C@H](NCCN1CCS(=O)CC1)C(N)=O. The normalized spacial score (nSPS) is 21.7. The lowest BCUT2D eigenvalue weighted by atomic mass is 9.99. The molecule has 2 atom stereocenters. The van der Waals surface area contributed by atoms with Crippen LogP contribution in [0.2, 0.25) is 0 Å². The molecule has 5 nitrogen and oxygen atoms in total. The van der Waals surface area contributed by atoms with Crippen LogP contribution in [0.25, 0.3) is 0 Å². The molecule has 1 aliphatic rings. The maximum Gasteiger partial charge on any atom is 0.234 e. The number of rotatable bonds is 7. The summed E-state index contributed by atoms with van der Waals surface area (Å²) in [6.45, 7) is 7.51. The van der Waals surface area contributed by atoms with Gasteiger partial charge in [-0.1, -0.05) is 20.3 Å². The quantitative estimate of drug-likeness (QED) is 0.659. The Kier molecular flexibility index (Phi) is 6.81. The van der Waals surface area contributed by atoms with E-state index in [1.165, 1.54) is 0 Å². The van der Waals surface area contributed by atoms with Gasteiger partial charge in [0.2, 0.25) is 5.91 Å². The van der Waals surface area contributed by atoms with Crippen LogP contribution < -0.4 is 11.1 Å². The summed E-state index contributed by atoms with van der Waals surface area (Å²) in [5, 5.41) is 3.24. The van der Waals surface area contributed by atoms with Crippen molar-refractivity contribution >= 4 is 16.7 Å². The average Bonchev–Trinajstić information content (AvgIpc) is 2.35. The highest BCUT2D eigenvalue weighted by molar-refractivity contribution is 7.85.